The average Bonchev–Trinajstić information content (AvgIpc) is 2.14. The molecular formula is C5H7N3. The number of nitriles is 1. The van der Waals surface area contributed by atoms with Crippen molar-refractivity contribution in [1.29, 1.82) is 5.26 Å². The highest BCUT2D eigenvalue weighted by Gasteiger charge is 2.11. The van der Waals surface area contributed by atoms with Gasteiger partial charge >= 0.3 is 0 Å². The Labute approximate surface area is 48.0 Å². The topological polar surface area (TPSA) is 53.0 Å². The van der Waals surface area contributed by atoms with E-state index in [1.807, 2.05) is 12.3 Å². The molecule has 1 aliphatic heterocycles. The lowest BCUT2D eigenvalue weighted by Crippen LogP contribution is -2.30. The van der Waals surface area contributed by atoms with Crippen molar-refractivity contribution in [3.05, 3.63) is 12.3 Å². The first-order chi connectivity index (χ1) is 3.84. The summed E-state index contributed by atoms with van der Waals surface area (Å²) < 4.78 is 0. The largest absolute Gasteiger partial charge is 0.310 e. The van der Waals surface area contributed by atoms with Crippen molar-refractivity contribution in [2.45, 2.75) is 12.6 Å². The summed E-state index contributed by atoms with van der Waals surface area (Å²) >= 11 is 0. The molecule has 42 valence electrons. The molecule has 0 aromatic heterocycles. The van der Waals surface area contributed by atoms with Crippen molar-refractivity contribution in [2.75, 3.05) is 0 Å². The third-order valence-electron chi connectivity index (χ3n) is 1.12. The number of nitrogens with zero attached hydrogens (tertiary/aromatic N) is 2. The number of rotatable bonds is 0. The molecule has 0 aliphatic carbocycles. The van der Waals surface area contributed by atoms with E-state index in [0.29, 0.717) is 0 Å². The molecule has 0 spiro atoms. The summed E-state index contributed by atoms with van der Waals surface area (Å²) in [4.78, 5) is 1.43. The van der Waals surface area contributed by atoms with Gasteiger partial charge in [-0.25, -0.2) is 0 Å². The van der Waals surface area contributed by atoms with Crippen molar-refractivity contribution in [2.24, 2.45) is 5.73 Å². The predicted molar refractivity (Wildman–Crippen MR) is 29.2 cm³/mol. The third kappa shape index (κ3) is 0.658. The van der Waals surface area contributed by atoms with Gasteiger partial charge in [0.05, 0.1) is 6.17 Å². The van der Waals surface area contributed by atoms with Crippen molar-refractivity contribution in [1.82, 2.24) is 4.90 Å². The third-order valence-corrected chi connectivity index (χ3v) is 1.12. The minimum Gasteiger partial charge on any atom is -0.310 e. The van der Waals surface area contributed by atoms with Crippen LogP contribution < -0.4 is 5.73 Å². The molecular weight excluding hydrogens is 102 g/mol. The minimum absolute atomic E-state index is 0.111. The molecule has 0 fully saturated rings. The summed E-state index contributed by atoms with van der Waals surface area (Å²) in [5.41, 5.74) is 5.43. The van der Waals surface area contributed by atoms with Gasteiger partial charge in [-0.1, -0.05) is 6.08 Å². The van der Waals surface area contributed by atoms with Crippen LogP contribution in [0.25, 0.3) is 0 Å². The molecule has 1 unspecified atom stereocenters. The summed E-state index contributed by atoms with van der Waals surface area (Å²) in [5, 5.41) is 8.28. The molecule has 1 rings (SSSR count). The lowest BCUT2D eigenvalue weighted by atomic mass is 10.4. The zero-order valence-corrected chi connectivity index (χ0v) is 4.41. The highest BCUT2D eigenvalue weighted by Crippen LogP contribution is 2.06. The van der Waals surface area contributed by atoms with Gasteiger partial charge in [-0.2, -0.15) is 5.26 Å². The van der Waals surface area contributed by atoms with Crippen molar-refractivity contribution < 1.29 is 0 Å². The van der Waals surface area contributed by atoms with Crippen LogP contribution in [0.5, 0.6) is 0 Å². The fourth-order valence-corrected chi connectivity index (χ4v) is 0.645. The van der Waals surface area contributed by atoms with Gasteiger partial charge in [-0.05, 0) is 0 Å². The van der Waals surface area contributed by atoms with E-state index < -0.39 is 0 Å². The second-order valence-corrected chi connectivity index (χ2v) is 1.70. The van der Waals surface area contributed by atoms with Crippen LogP contribution in [0.2, 0.25) is 0 Å². The number of nitrogens with two attached hydrogens (primary N) is 1. The van der Waals surface area contributed by atoms with E-state index in [9.17, 15) is 0 Å². The predicted octanol–water partition coefficient (Wildman–Crippen LogP) is -0.0283. The summed E-state index contributed by atoms with van der Waals surface area (Å²) in [7, 11) is 0. The lowest BCUT2D eigenvalue weighted by Gasteiger charge is -2.09. The summed E-state index contributed by atoms with van der Waals surface area (Å²) in [6.45, 7) is 0. The maximum Gasteiger partial charge on any atom is 0.185 e. The van der Waals surface area contributed by atoms with Crippen LogP contribution in [0.4, 0.5) is 0 Å². The van der Waals surface area contributed by atoms with Gasteiger partial charge in [0.25, 0.3) is 0 Å². The molecule has 0 aromatic rings. The van der Waals surface area contributed by atoms with E-state index in [1.54, 1.807) is 6.20 Å². The van der Waals surface area contributed by atoms with Gasteiger partial charge in [0.2, 0.25) is 0 Å². The van der Waals surface area contributed by atoms with E-state index in [1.165, 1.54) is 4.90 Å². The van der Waals surface area contributed by atoms with Gasteiger partial charge in [-0.3, -0.25) is 4.90 Å². The second-order valence-electron chi connectivity index (χ2n) is 1.70. The van der Waals surface area contributed by atoms with Gasteiger partial charge in [0.15, 0.2) is 6.19 Å². The molecule has 0 amide bonds. The molecule has 8 heavy (non-hydrogen) atoms. The monoisotopic (exact) mass is 109 g/mol. The Hall–Kier alpha value is -1.01. The van der Waals surface area contributed by atoms with Crippen molar-refractivity contribution in [3.8, 4) is 6.19 Å². The van der Waals surface area contributed by atoms with Crippen LogP contribution >= 0.6 is 0 Å². The summed E-state index contributed by atoms with van der Waals surface area (Å²) in [5.74, 6) is 0. The molecule has 0 saturated carbocycles. The Bertz CT molecular complexity index is 144. The Morgan fingerprint density at radius 1 is 1.88 bits per heavy atom. The zero-order valence-electron chi connectivity index (χ0n) is 4.41. The second kappa shape index (κ2) is 1.85. The van der Waals surface area contributed by atoms with Crippen molar-refractivity contribution in [3.63, 3.8) is 0 Å². The average molecular weight is 109 g/mol. The highest BCUT2D eigenvalue weighted by atomic mass is 15.2. The van der Waals surface area contributed by atoms with E-state index in [0.717, 1.165) is 6.42 Å². The summed E-state index contributed by atoms with van der Waals surface area (Å²) in [6, 6.07) is 0. The van der Waals surface area contributed by atoms with E-state index in [2.05, 4.69) is 0 Å². The van der Waals surface area contributed by atoms with Crippen LogP contribution in [-0.2, 0) is 0 Å². The maximum absolute atomic E-state index is 8.28. The SMILES string of the molecule is N#CN1C=CCC1N. The van der Waals surface area contributed by atoms with Crippen LogP contribution in [0, 0.1) is 11.5 Å². The highest BCUT2D eigenvalue weighted by molar-refractivity contribution is 5.01. The van der Waals surface area contributed by atoms with Gasteiger partial charge in [0, 0.05) is 12.6 Å². The van der Waals surface area contributed by atoms with Crippen LogP contribution in [0.1, 0.15) is 6.42 Å². The molecule has 1 atom stereocenters. The van der Waals surface area contributed by atoms with Crippen LogP contribution in [-0.4, -0.2) is 11.1 Å². The van der Waals surface area contributed by atoms with E-state index >= 15 is 0 Å². The Morgan fingerprint density at radius 3 is 2.88 bits per heavy atom. The molecule has 3 nitrogen and oxygen atoms in total. The lowest BCUT2D eigenvalue weighted by molar-refractivity contribution is 0.421. The fourth-order valence-electron chi connectivity index (χ4n) is 0.645. The molecule has 0 saturated heterocycles. The van der Waals surface area contributed by atoms with Gasteiger partial charge in [-0.15, -0.1) is 0 Å². The first-order valence-corrected chi connectivity index (χ1v) is 2.45. The molecule has 1 heterocycles. The zero-order chi connectivity index (χ0) is 5.98. The fraction of sp³-hybridized carbons (Fsp3) is 0.400. The Balaban J connectivity index is 2.57. The number of hydrogen-bond donors (Lipinski definition) is 1. The first-order valence-electron chi connectivity index (χ1n) is 2.45. The minimum atomic E-state index is -0.111. The van der Waals surface area contributed by atoms with Crippen LogP contribution in [0.15, 0.2) is 12.3 Å². The Kier molecular flexibility index (Phi) is 1.18. The van der Waals surface area contributed by atoms with Crippen LogP contribution in [0.3, 0.4) is 0 Å². The summed E-state index contributed by atoms with van der Waals surface area (Å²) in [6.07, 6.45) is 6.19. The number of hydrogen-bond acceptors (Lipinski definition) is 3. The van der Waals surface area contributed by atoms with E-state index in [-0.39, 0.29) is 6.17 Å². The normalized spacial score (nSPS) is 26.0. The molecule has 3 heteroatoms. The standard InChI is InChI=1S/C5H7N3/c6-4-8-3-1-2-5(8)7/h1,3,5H,2,7H2. The van der Waals surface area contributed by atoms with Gasteiger partial charge in [0.1, 0.15) is 0 Å². The van der Waals surface area contributed by atoms with E-state index in [4.69, 9.17) is 11.0 Å². The van der Waals surface area contributed by atoms with Gasteiger partial charge < -0.3 is 5.73 Å². The van der Waals surface area contributed by atoms with Crippen molar-refractivity contribution >= 4 is 0 Å². The quantitative estimate of drug-likeness (QED) is 0.444. The smallest absolute Gasteiger partial charge is 0.185 e. The maximum atomic E-state index is 8.28. The molecule has 0 bridgehead atoms. The molecule has 0 radical (unpaired) electrons. The molecule has 2 N–H and O–H groups in total. The molecule has 0 aromatic carbocycles. The first kappa shape index (κ1) is 5.13. The molecule has 1 aliphatic rings. The Morgan fingerprint density at radius 2 is 2.62 bits per heavy atom.